The second-order valence-electron chi connectivity index (χ2n) is 5.77. The molecule has 1 fully saturated rings. The van der Waals surface area contributed by atoms with Gasteiger partial charge in [-0.25, -0.2) is 0 Å². The highest BCUT2D eigenvalue weighted by Gasteiger charge is 2.16. The van der Waals surface area contributed by atoms with E-state index in [9.17, 15) is 4.79 Å². The summed E-state index contributed by atoms with van der Waals surface area (Å²) in [6, 6.07) is 10.7. The Labute approximate surface area is 127 Å². The van der Waals surface area contributed by atoms with Crippen molar-refractivity contribution in [1.82, 2.24) is 9.80 Å². The van der Waals surface area contributed by atoms with E-state index in [-0.39, 0.29) is 6.42 Å². The second kappa shape index (κ2) is 8.80. The van der Waals surface area contributed by atoms with Gasteiger partial charge in [0.15, 0.2) is 0 Å². The van der Waals surface area contributed by atoms with Crippen molar-refractivity contribution in [3.05, 3.63) is 35.9 Å². The molecular weight excluding hydrogens is 264 g/mol. The van der Waals surface area contributed by atoms with Crippen molar-refractivity contribution < 1.29 is 9.90 Å². The lowest BCUT2D eigenvalue weighted by atomic mass is 10.1. The van der Waals surface area contributed by atoms with Gasteiger partial charge in [-0.2, -0.15) is 0 Å². The van der Waals surface area contributed by atoms with Crippen LogP contribution in [0, 0.1) is 0 Å². The third-order valence-corrected chi connectivity index (χ3v) is 4.14. The number of unbranched alkanes of at least 4 members (excludes halogenated alkanes) is 1. The average molecular weight is 290 g/mol. The summed E-state index contributed by atoms with van der Waals surface area (Å²) in [5, 5.41) is 8.70. The van der Waals surface area contributed by atoms with Gasteiger partial charge in [0.2, 0.25) is 0 Å². The lowest BCUT2D eigenvalue weighted by Gasteiger charge is -2.34. The molecule has 0 radical (unpaired) electrons. The molecule has 0 aliphatic carbocycles. The minimum atomic E-state index is -0.696. The number of piperazine rings is 1. The average Bonchev–Trinajstić information content (AvgIpc) is 2.52. The van der Waals surface area contributed by atoms with Crippen molar-refractivity contribution in [3.63, 3.8) is 0 Å². The highest BCUT2D eigenvalue weighted by molar-refractivity contribution is 5.66. The molecule has 0 unspecified atom stereocenters. The molecule has 2 rings (SSSR count). The summed E-state index contributed by atoms with van der Waals surface area (Å²) in [4.78, 5) is 15.3. The first-order chi connectivity index (χ1) is 10.2. The number of carboxylic acid groups (broad SMARTS) is 1. The van der Waals surface area contributed by atoms with Crippen LogP contribution >= 0.6 is 0 Å². The summed E-state index contributed by atoms with van der Waals surface area (Å²) >= 11 is 0. The van der Waals surface area contributed by atoms with Crippen LogP contribution < -0.4 is 0 Å². The molecule has 0 spiro atoms. The molecule has 1 aromatic carbocycles. The number of carboxylic acids is 1. The summed E-state index contributed by atoms with van der Waals surface area (Å²) in [5.74, 6) is -0.696. The molecule has 4 heteroatoms. The van der Waals surface area contributed by atoms with Gasteiger partial charge in [0.1, 0.15) is 0 Å². The van der Waals surface area contributed by atoms with Crippen molar-refractivity contribution in [2.24, 2.45) is 0 Å². The van der Waals surface area contributed by atoms with Gasteiger partial charge in [0.05, 0.1) is 6.42 Å². The molecular formula is C17H26N2O2. The van der Waals surface area contributed by atoms with Crippen LogP contribution in [-0.4, -0.2) is 60.1 Å². The predicted octanol–water partition coefficient (Wildman–Crippen LogP) is 2.10. The number of nitrogens with zero attached hydrogens (tertiary/aromatic N) is 2. The molecule has 1 aliphatic heterocycles. The summed E-state index contributed by atoms with van der Waals surface area (Å²) in [7, 11) is 0. The van der Waals surface area contributed by atoms with E-state index >= 15 is 0 Å². The van der Waals surface area contributed by atoms with Crippen molar-refractivity contribution in [1.29, 1.82) is 0 Å². The van der Waals surface area contributed by atoms with E-state index in [4.69, 9.17) is 5.11 Å². The Kier molecular flexibility index (Phi) is 6.70. The van der Waals surface area contributed by atoms with Crippen molar-refractivity contribution in [2.75, 3.05) is 39.3 Å². The first-order valence-corrected chi connectivity index (χ1v) is 7.94. The number of hydrogen-bond acceptors (Lipinski definition) is 3. The summed E-state index contributed by atoms with van der Waals surface area (Å²) in [6.07, 6.45) is 3.91. The molecule has 21 heavy (non-hydrogen) atoms. The Hall–Kier alpha value is -1.39. The normalized spacial score (nSPS) is 17.0. The van der Waals surface area contributed by atoms with E-state index in [0.717, 1.165) is 26.2 Å². The van der Waals surface area contributed by atoms with Crippen molar-refractivity contribution in [2.45, 2.75) is 25.7 Å². The van der Waals surface area contributed by atoms with E-state index in [0.29, 0.717) is 6.54 Å². The van der Waals surface area contributed by atoms with Gasteiger partial charge in [-0.3, -0.25) is 4.79 Å². The fourth-order valence-corrected chi connectivity index (χ4v) is 2.80. The third kappa shape index (κ3) is 6.27. The van der Waals surface area contributed by atoms with E-state index in [1.165, 1.54) is 31.4 Å². The predicted molar refractivity (Wildman–Crippen MR) is 84.5 cm³/mol. The van der Waals surface area contributed by atoms with Gasteiger partial charge in [-0.15, -0.1) is 0 Å². The number of benzene rings is 1. The minimum Gasteiger partial charge on any atom is -0.481 e. The zero-order chi connectivity index (χ0) is 14.9. The van der Waals surface area contributed by atoms with E-state index in [1.807, 2.05) is 0 Å². The summed E-state index contributed by atoms with van der Waals surface area (Å²) in [5.41, 5.74) is 1.43. The molecule has 0 bridgehead atoms. The fraction of sp³-hybridized carbons (Fsp3) is 0.588. The van der Waals surface area contributed by atoms with E-state index in [2.05, 4.69) is 40.1 Å². The maximum Gasteiger partial charge on any atom is 0.304 e. The van der Waals surface area contributed by atoms with Crippen molar-refractivity contribution in [3.8, 4) is 0 Å². The molecule has 1 heterocycles. The number of aryl methyl sites for hydroxylation is 1. The van der Waals surface area contributed by atoms with Gasteiger partial charge >= 0.3 is 5.97 Å². The van der Waals surface area contributed by atoms with Crippen LogP contribution in [-0.2, 0) is 11.2 Å². The highest BCUT2D eigenvalue weighted by atomic mass is 16.4. The Morgan fingerprint density at radius 2 is 1.57 bits per heavy atom. The number of rotatable bonds is 8. The zero-order valence-corrected chi connectivity index (χ0v) is 12.7. The summed E-state index contributed by atoms with van der Waals surface area (Å²) in [6.45, 7) is 6.02. The lowest BCUT2D eigenvalue weighted by Crippen LogP contribution is -2.47. The van der Waals surface area contributed by atoms with Crippen LogP contribution in [0.3, 0.4) is 0 Å². The van der Waals surface area contributed by atoms with Crippen LogP contribution in [0.4, 0.5) is 0 Å². The SMILES string of the molecule is O=C(O)CCN1CCN(CCCCc2ccccc2)CC1. The molecule has 1 N–H and O–H groups in total. The lowest BCUT2D eigenvalue weighted by molar-refractivity contribution is -0.137. The highest BCUT2D eigenvalue weighted by Crippen LogP contribution is 2.07. The molecule has 116 valence electrons. The van der Waals surface area contributed by atoms with E-state index in [1.54, 1.807) is 0 Å². The van der Waals surface area contributed by atoms with Gasteiger partial charge in [0, 0.05) is 32.7 Å². The maximum atomic E-state index is 10.6. The molecule has 4 nitrogen and oxygen atoms in total. The topological polar surface area (TPSA) is 43.8 Å². The molecule has 1 aliphatic rings. The molecule has 1 aromatic rings. The molecule has 0 aromatic heterocycles. The van der Waals surface area contributed by atoms with Crippen molar-refractivity contribution >= 4 is 5.97 Å². The van der Waals surface area contributed by atoms with Gasteiger partial charge in [0.25, 0.3) is 0 Å². The second-order valence-corrected chi connectivity index (χ2v) is 5.77. The quantitative estimate of drug-likeness (QED) is 0.745. The van der Waals surface area contributed by atoms with Gasteiger partial charge in [-0.1, -0.05) is 30.3 Å². The maximum absolute atomic E-state index is 10.6. The monoisotopic (exact) mass is 290 g/mol. The molecule has 0 atom stereocenters. The largest absolute Gasteiger partial charge is 0.481 e. The van der Waals surface area contributed by atoms with Crippen LogP contribution in [0.25, 0.3) is 0 Å². The Balaban J connectivity index is 1.54. The first kappa shape index (κ1) is 16.0. The zero-order valence-electron chi connectivity index (χ0n) is 12.7. The van der Waals surface area contributed by atoms with E-state index < -0.39 is 5.97 Å². The molecule has 1 saturated heterocycles. The van der Waals surface area contributed by atoms with Crippen LogP contribution in [0.2, 0.25) is 0 Å². The Morgan fingerprint density at radius 1 is 0.952 bits per heavy atom. The number of carbonyl (C=O) groups is 1. The van der Waals surface area contributed by atoms with Crippen LogP contribution in [0.1, 0.15) is 24.8 Å². The molecule has 0 saturated carbocycles. The van der Waals surface area contributed by atoms with Gasteiger partial charge < -0.3 is 14.9 Å². The van der Waals surface area contributed by atoms with Crippen LogP contribution in [0.15, 0.2) is 30.3 Å². The molecule has 0 amide bonds. The Bertz CT molecular complexity index is 414. The first-order valence-electron chi connectivity index (χ1n) is 7.94. The minimum absolute atomic E-state index is 0.261. The standard InChI is InChI=1S/C17H26N2O2/c20-17(21)9-11-19-14-12-18(13-15-19)10-5-4-8-16-6-2-1-3-7-16/h1-3,6-7H,4-5,8-15H2,(H,20,21). The smallest absolute Gasteiger partial charge is 0.304 e. The summed E-state index contributed by atoms with van der Waals surface area (Å²) < 4.78 is 0. The third-order valence-electron chi connectivity index (χ3n) is 4.14. The van der Waals surface area contributed by atoms with Gasteiger partial charge in [-0.05, 0) is 31.4 Å². The van der Waals surface area contributed by atoms with Crippen LogP contribution in [0.5, 0.6) is 0 Å². The Morgan fingerprint density at radius 3 is 2.19 bits per heavy atom. The number of hydrogen-bond donors (Lipinski definition) is 1. The number of aliphatic carboxylic acids is 1. The fourth-order valence-electron chi connectivity index (χ4n) is 2.80.